The summed E-state index contributed by atoms with van der Waals surface area (Å²) in [6.45, 7) is 2.10. The van der Waals surface area contributed by atoms with Crippen molar-refractivity contribution < 1.29 is 8.78 Å². The van der Waals surface area contributed by atoms with Gasteiger partial charge in [0.1, 0.15) is 17.5 Å². The number of hydrogen-bond donors (Lipinski definition) is 1. The van der Waals surface area contributed by atoms with Gasteiger partial charge in [-0.2, -0.15) is 16.7 Å². The van der Waals surface area contributed by atoms with Crippen molar-refractivity contribution >= 4 is 51.8 Å². The number of piperazine rings is 1. The molecule has 2 aromatic carbocycles. The molecule has 166 valence electrons. The highest BCUT2D eigenvalue weighted by Crippen LogP contribution is 2.46. The monoisotopic (exact) mass is 492 g/mol. The predicted molar refractivity (Wildman–Crippen MR) is 127 cm³/mol. The highest BCUT2D eigenvalue weighted by Gasteiger charge is 2.38. The minimum Gasteiger partial charge on any atom is -0.349 e. The molecule has 0 amide bonds. The lowest BCUT2D eigenvalue weighted by Crippen LogP contribution is -2.58. The van der Waals surface area contributed by atoms with Crippen LogP contribution in [0, 0.1) is 11.6 Å². The molecule has 2 saturated heterocycles. The van der Waals surface area contributed by atoms with Crippen LogP contribution in [0.3, 0.4) is 0 Å². The van der Waals surface area contributed by atoms with Crippen molar-refractivity contribution in [2.45, 2.75) is 23.5 Å². The van der Waals surface area contributed by atoms with Crippen LogP contribution in [-0.2, 0) is 6.54 Å². The molecular weight excluding hydrogens is 474 g/mol. The van der Waals surface area contributed by atoms with E-state index in [4.69, 9.17) is 11.6 Å². The fraction of sp³-hybridized carbons (Fsp3) is 0.364. The number of nitrogens with zero attached hydrogens (tertiary/aromatic N) is 3. The van der Waals surface area contributed by atoms with E-state index >= 15 is 0 Å². The Morgan fingerprint density at radius 3 is 2.91 bits per heavy atom. The molecule has 3 aliphatic rings. The lowest BCUT2D eigenvalue weighted by Gasteiger charge is -2.39. The minimum absolute atomic E-state index is 0.231. The molecule has 2 fully saturated rings. The van der Waals surface area contributed by atoms with Crippen LogP contribution in [0.1, 0.15) is 0 Å². The van der Waals surface area contributed by atoms with Gasteiger partial charge in [-0.1, -0.05) is 11.6 Å². The zero-order chi connectivity index (χ0) is 22.0. The second kappa shape index (κ2) is 7.90. The van der Waals surface area contributed by atoms with Crippen LogP contribution in [0.5, 0.6) is 0 Å². The van der Waals surface area contributed by atoms with Crippen molar-refractivity contribution in [3.05, 3.63) is 51.4 Å². The molecule has 2 unspecified atom stereocenters. The van der Waals surface area contributed by atoms with Crippen LogP contribution in [0.15, 0.2) is 34.0 Å². The lowest BCUT2D eigenvalue weighted by atomic mass is 10.0. The fourth-order valence-electron chi connectivity index (χ4n) is 4.96. The number of benzene rings is 2. The first-order chi connectivity index (χ1) is 15.5. The Morgan fingerprint density at radius 2 is 2.06 bits per heavy atom. The first kappa shape index (κ1) is 20.8. The molecule has 0 saturated carbocycles. The zero-order valence-corrected chi connectivity index (χ0v) is 19.3. The smallest absolute Gasteiger partial charge is 0.349 e. The van der Waals surface area contributed by atoms with Gasteiger partial charge >= 0.3 is 5.69 Å². The summed E-state index contributed by atoms with van der Waals surface area (Å²) >= 11 is 10.2. The highest BCUT2D eigenvalue weighted by molar-refractivity contribution is 7.99. The largest absolute Gasteiger partial charge is 0.350 e. The third-order valence-corrected chi connectivity index (χ3v) is 8.94. The number of halogens is 3. The van der Waals surface area contributed by atoms with Crippen molar-refractivity contribution in [1.29, 1.82) is 0 Å². The summed E-state index contributed by atoms with van der Waals surface area (Å²) < 4.78 is 30.0. The maximum absolute atomic E-state index is 14.7. The molecule has 3 aromatic rings. The maximum atomic E-state index is 14.7. The SMILES string of the molecule is O=c1nc(N2CCNC3CSCC32)c2cc(Cl)c(-c3ccc(F)cc3F)c3c2n1CCS3. The van der Waals surface area contributed by atoms with E-state index in [1.807, 2.05) is 11.8 Å². The van der Waals surface area contributed by atoms with Gasteiger partial charge in [0.2, 0.25) is 0 Å². The van der Waals surface area contributed by atoms with E-state index in [2.05, 4.69) is 15.2 Å². The summed E-state index contributed by atoms with van der Waals surface area (Å²) in [6.07, 6.45) is 0. The van der Waals surface area contributed by atoms with Crippen LogP contribution >= 0.6 is 35.1 Å². The van der Waals surface area contributed by atoms with Gasteiger partial charge in [0, 0.05) is 70.4 Å². The third-order valence-electron chi connectivity index (χ3n) is 6.39. The van der Waals surface area contributed by atoms with Crippen LogP contribution in [-0.4, -0.2) is 52.0 Å². The predicted octanol–water partition coefficient (Wildman–Crippen LogP) is 3.99. The molecule has 0 bridgehead atoms. The number of nitrogens with one attached hydrogen (secondary N) is 1. The molecule has 4 heterocycles. The standard InChI is InChI=1S/C22H19ClF2N4OS2/c23-14-8-13-19-20(18(14)12-2-1-11(24)7-15(12)25)32-6-5-29(19)22(30)27-21(13)28-4-3-26-16-9-31-10-17(16)28/h1-2,7-8,16-17,26H,3-6,9-10H2. The Morgan fingerprint density at radius 1 is 1.19 bits per heavy atom. The third kappa shape index (κ3) is 3.16. The summed E-state index contributed by atoms with van der Waals surface area (Å²) in [5, 5.41) is 4.74. The van der Waals surface area contributed by atoms with Gasteiger partial charge < -0.3 is 10.2 Å². The molecular formula is C22H19ClF2N4OS2. The molecule has 1 N–H and O–H groups in total. The van der Waals surface area contributed by atoms with E-state index in [1.54, 1.807) is 22.4 Å². The summed E-state index contributed by atoms with van der Waals surface area (Å²) in [4.78, 5) is 20.6. The van der Waals surface area contributed by atoms with Crippen LogP contribution < -0.4 is 15.9 Å². The number of aryl methyl sites for hydroxylation is 1. The van der Waals surface area contributed by atoms with Crippen molar-refractivity contribution in [3.63, 3.8) is 0 Å². The molecule has 6 rings (SSSR count). The first-order valence-electron chi connectivity index (χ1n) is 10.5. The second-order valence-corrected chi connectivity index (χ2v) is 10.7. The second-order valence-electron chi connectivity index (χ2n) is 8.16. The van der Waals surface area contributed by atoms with E-state index in [1.165, 1.54) is 12.1 Å². The number of hydrogen-bond acceptors (Lipinski definition) is 6. The summed E-state index contributed by atoms with van der Waals surface area (Å²) in [6, 6.07) is 5.90. The molecule has 3 aliphatic heterocycles. The van der Waals surface area contributed by atoms with Gasteiger partial charge in [-0.05, 0) is 18.2 Å². The Bertz CT molecular complexity index is 1320. The molecule has 1 aromatic heterocycles. The number of fused-ring (bicyclic) bond motifs is 1. The Kier molecular flexibility index (Phi) is 5.13. The van der Waals surface area contributed by atoms with Gasteiger partial charge in [0.15, 0.2) is 0 Å². The van der Waals surface area contributed by atoms with Crippen molar-refractivity contribution in [2.75, 3.05) is 35.2 Å². The molecule has 10 heteroatoms. The summed E-state index contributed by atoms with van der Waals surface area (Å²) in [5.74, 6) is 1.98. The van der Waals surface area contributed by atoms with E-state index in [-0.39, 0.29) is 17.3 Å². The van der Waals surface area contributed by atoms with E-state index < -0.39 is 11.6 Å². The molecule has 5 nitrogen and oxygen atoms in total. The van der Waals surface area contributed by atoms with Crippen LogP contribution in [0.25, 0.3) is 22.0 Å². The van der Waals surface area contributed by atoms with Crippen molar-refractivity contribution in [2.24, 2.45) is 0 Å². The summed E-state index contributed by atoms with van der Waals surface area (Å²) in [7, 11) is 0. The van der Waals surface area contributed by atoms with Crippen molar-refractivity contribution in [1.82, 2.24) is 14.9 Å². The molecule has 2 atom stereocenters. The van der Waals surface area contributed by atoms with E-state index in [9.17, 15) is 13.6 Å². The molecule has 0 spiro atoms. The quantitative estimate of drug-likeness (QED) is 0.583. The topological polar surface area (TPSA) is 50.2 Å². The number of anilines is 1. The van der Waals surface area contributed by atoms with Crippen LogP contribution in [0.4, 0.5) is 14.6 Å². The highest BCUT2D eigenvalue weighted by atomic mass is 35.5. The average Bonchev–Trinajstić information content (AvgIpc) is 3.26. The lowest BCUT2D eigenvalue weighted by molar-refractivity contribution is 0.423. The minimum atomic E-state index is -0.676. The van der Waals surface area contributed by atoms with E-state index in [0.717, 1.165) is 46.5 Å². The molecule has 0 radical (unpaired) electrons. The van der Waals surface area contributed by atoms with Gasteiger partial charge in [-0.15, -0.1) is 11.8 Å². The number of rotatable bonds is 2. The zero-order valence-electron chi connectivity index (χ0n) is 16.9. The fourth-order valence-corrected chi connectivity index (χ4v) is 7.90. The van der Waals surface area contributed by atoms with Crippen LogP contribution in [0.2, 0.25) is 5.02 Å². The van der Waals surface area contributed by atoms with E-state index in [0.29, 0.717) is 34.7 Å². The maximum Gasteiger partial charge on any atom is 0.350 e. The Balaban J connectivity index is 1.63. The number of thioether (sulfide) groups is 2. The Hall–Kier alpha value is -1.81. The number of aromatic nitrogens is 2. The van der Waals surface area contributed by atoms with Gasteiger partial charge in [0.05, 0.1) is 16.6 Å². The molecule has 32 heavy (non-hydrogen) atoms. The average molecular weight is 493 g/mol. The van der Waals surface area contributed by atoms with Gasteiger partial charge in [0.25, 0.3) is 0 Å². The van der Waals surface area contributed by atoms with Crippen molar-refractivity contribution in [3.8, 4) is 11.1 Å². The Labute approximate surface area is 196 Å². The molecule has 0 aliphatic carbocycles. The normalized spacial score (nSPS) is 22.4. The summed E-state index contributed by atoms with van der Waals surface area (Å²) in [5.41, 5.74) is 1.17. The first-order valence-corrected chi connectivity index (χ1v) is 13.0. The van der Waals surface area contributed by atoms with Gasteiger partial charge in [-0.3, -0.25) is 4.57 Å². The van der Waals surface area contributed by atoms with Gasteiger partial charge in [-0.25, -0.2) is 13.6 Å².